The Morgan fingerprint density at radius 1 is 1.56 bits per heavy atom. The molecule has 8 heteroatoms. The quantitative estimate of drug-likeness (QED) is 0.607. The molecule has 0 saturated heterocycles. The highest BCUT2D eigenvalue weighted by Crippen LogP contribution is 2.15. The average Bonchev–Trinajstić information content (AvgIpc) is 2.64. The number of thiazole rings is 1. The lowest BCUT2D eigenvalue weighted by atomic mass is 10.1. The minimum atomic E-state index is -1.53. The Morgan fingerprint density at radius 3 is 2.56 bits per heavy atom. The molecule has 0 aromatic carbocycles. The van der Waals surface area contributed by atoms with Crippen LogP contribution in [0.4, 0.5) is 5.13 Å². The highest BCUT2D eigenvalue weighted by atomic mass is 32.1. The summed E-state index contributed by atoms with van der Waals surface area (Å²) in [5, 5.41) is 14.3. The molecule has 1 aromatic rings. The number of hydrogen-bond acceptors (Lipinski definition) is 7. The molecule has 0 unspecified atom stereocenters. The molecule has 1 heterocycles. The lowest BCUT2D eigenvalue weighted by Gasteiger charge is -2.16. The van der Waals surface area contributed by atoms with E-state index in [-0.39, 0.29) is 22.3 Å². The van der Waals surface area contributed by atoms with Crippen LogP contribution in [0.15, 0.2) is 10.5 Å². The summed E-state index contributed by atoms with van der Waals surface area (Å²) in [4.78, 5) is 31.0. The summed E-state index contributed by atoms with van der Waals surface area (Å²) < 4.78 is 0. The molecule has 0 radical (unpaired) electrons. The van der Waals surface area contributed by atoms with E-state index in [9.17, 15) is 9.59 Å². The van der Waals surface area contributed by atoms with Crippen LogP contribution in [0.1, 0.15) is 26.5 Å². The van der Waals surface area contributed by atoms with Crippen LogP contribution in [0.2, 0.25) is 0 Å². The second-order valence-electron chi connectivity index (χ2n) is 3.97. The van der Waals surface area contributed by atoms with Gasteiger partial charge in [0.15, 0.2) is 16.6 Å². The molecule has 7 nitrogen and oxygen atoms in total. The summed E-state index contributed by atoms with van der Waals surface area (Å²) in [5.74, 6) is -1.58. The van der Waals surface area contributed by atoms with Gasteiger partial charge in [0, 0.05) is 12.3 Å². The third-order valence-corrected chi connectivity index (χ3v) is 2.65. The maximum absolute atomic E-state index is 11.4. The van der Waals surface area contributed by atoms with Crippen LogP contribution in [-0.4, -0.2) is 33.2 Å². The van der Waals surface area contributed by atoms with Gasteiger partial charge in [-0.25, -0.2) is 9.78 Å². The number of Topliss-reactive ketones (excluding diaryl/α,β-unsaturated/α-hetero) is 1. The van der Waals surface area contributed by atoms with E-state index in [1.807, 2.05) is 0 Å². The Hall–Kier alpha value is -1.96. The number of hydrogen-bond donors (Lipinski definition) is 2. The number of oxime groups is 1. The first-order valence-corrected chi connectivity index (χ1v) is 5.84. The number of nitrogen functional groups attached to an aromatic ring is 1. The Morgan fingerprint density at radius 2 is 2.17 bits per heavy atom. The van der Waals surface area contributed by atoms with Crippen molar-refractivity contribution in [3.05, 3.63) is 11.1 Å². The summed E-state index contributed by atoms with van der Waals surface area (Å²) in [6.07, 6.45) is 0. The summed E-state index contributed by atoms with van der Waals surface area (Å²) in [5.41, 5.74) is 4.14. The predicted octanol–water partition coefficient (Wildman–Crippen LogP) is 0.898. The number of nitrogens with two attached hydrogens (primary N) is 1. The van der Waals surface area contributed by atoms with Gasteiger partial charge in [0.2, 0.25) is 5.60 Å². The van der Waals surface area contributed by atoms with Crippen molar-refractivity contribution in [2.45, 2.75) is 26.4 Å². The smallest absolute Gasteiger partial charge is 0.350 e. The van der Waals surface area contributed by atoms with E-state index in [0.717, 1.165) is 11.3 Å². The van der Waals surface area contributed by atoms with Gasteiger partial charge in [-0.1, -0.05) is 5.16 Å². The number of aromatic nitrogens is 1. The first kappa shape index (κ1) is 14.1. The fourth-order valence-corrected chi connectivity index (χ4v) is 1.43. The normalized spacial score (nSPS) is 12.3. The Bertz CT molecular complexity index is 507. The van der Waals surface area contributed by atoms with Crippen molar-refractivity contribution in [1.82, 2.24) is 4.98 Å². The Kier molecular flexibility index (Phi) is 4.02. The molecule has 1 rings (SSSR count). The fraction of sp³-hybridized carbons (Fsp3) is 0.400. The largest absolute Gasteiger partial charge is 0.478 e. The van der Waals surface area contributed by atoms with E-state index in [4.69, 9.17) is 15.7 Å². The molecule has 0 amide bonds. The van der Waals surface area contributed by atoms with Crippen molar-refractivity contribution in [1.29, 1.82) is 0 Å². The maximum Gasteiger partial charge on any atom is 0.350 e. The number of carbonyl (C=O) groups excluding carboxylic acids is 1. The second-order valence-corrected chi connectivity index (χ2v) is 4.86. The highest BCUT2D eigenvalue weighted by Gasteiger charge is 2.30. The fourth-order valence-electron chi connectivity index (χ4n) is 0.887. The number of ketones is 1. The minimum Gasteiger partial charge on any atom is -0.478 e. The SMILES string of the molecule is CC(=O)/C(=N/OC(C)(C)C(=O)O)c1csc(N)n1. The van der Waals surface area contributed by atoms with Crippen molar-refractivity contribution in [3.63, 3.8) is 0 Å². The van der Waals surface area contributed by atoms with Gasteiger partial charge < -0.3 is 15.7 Å². The molecule has 3 N–H and O–H groups in total. The Labute approximate surface area is 107 Å². The van der Waals surface area contributed by atoms with Crippen molar-refractivity contribution < 1.29 is 19.5 Å². The number of anilines is 1. The van der Waals surface area contributed by atoms with Crippen LogP contribution in [0.5, 0.6) is 0 Å². The number of rotatable bonds is 5. The molecule has 0 atom stereocenters. The predicted molar refractivity (Wildman–Crippen MR) is 66.5 cm³/mol. The number of carboxylic acids is 1. The molecule has 1 aromatic heterocycles. The zero-order valence-corrected chi connectivity index (χ0v) is 10.9. The Balaban J connectivity index is 3.01. The van der Waals surface area contributed by atoms with E-state index in [1.165, 1.54) is 20.8 Å². The van der Waals surface area contributed by atoms with Gasteiger partial charge in [0.25, 0.3) is 0 Å². The van der Waals surface area contributed by atoms with E-state index >= 15 is 0 Å². The maximum atomic E-state index is 11.4. The van der Waals surface area contributed by atoms with Gasteiger partial charge in [0.05, 0.1) is 0 Å². The molecule has 98 valence electrons. The van der Waals surface area contributed by atoms with Crippen LogP contribution in [0.3, 0.4) is 0 Å². The third-order valence-electron chi connectivity index (χ3n) is 1.98. The van der Waals surface area contributed by atoms with E-state index in [0.29, 0.717) is 0 Å². The van der Waals surface area contributed by atoms with Crippen LogP contribution in [-0.2, 0) is 14.4 Å². The monoisotopic (exact) mass is 271 g/mol. The number of nitrogens with zero attached hydrogens (tertiary/aromatic N) is 2. The number of aliphatic carboxylic acids is 1. The molecule has 0 aliphatic carbocycles. The van der Waals surface area contributed by atoms with Gasteiger partial charge >= 0.3 is 5.97 Å². The number of carboxylic acid groups (broad SMARTS) is 1. The molecule has 0 fully saturated rings. The molecule has 0 saturated carbocycles. The standard InChI is InChI=1S/C10H13N3O4S/c1-5(14)7(6-4-18-9(11)12-6)13-17-10(2,3)8(15)16/h4H,1-3H3,(H2,11,12)(H,15,16)/b13-7-. The molecule has 0 spiro atoms. The van der Waals surface area contributed by atoms with Gasteiger partial charge in [-0.15, -0.1) is 11.3 Å². The van der Waals surface area contributed by atoms with Crippen molar-refractivity contribution >= 4 is 33.9 Å². The van der Waals surface area contributed by atoms with Crippen molar-refractivity contribution in [2.75, 3.05) is 5.73 Å². The van der Waals surface area contributed by atoms with Crippen LogP contribution in [0, 0.1) is 0 Å². The summed E-state index contributed by atoms with van der Waals surface area (Å²) >= 11 is 1.15. The molecule has 0 aliphatic heterocycles. The van der Waals surface area contributed by atoms with E-state index < -0.39 is 11.6 Å². The van der Waals surface area contributed by atoms with E-state index in [2.05, 4.69) is 10.1 Å². The second kappa shape index (κ2) is 5.13. The molecular weight excluding hydrogens is 258 g/mol. The topological polar surface area (TPSA) is 115 Å². The zero-order valence-electron chi connectivity index (χ0n) is 10.1. The highest BCUT2D eigenvalue weighted by molar-refractivity contribution is 7.13. The van der Waals surface area contributed by atoms with E-state index in [1.54, 1.807) is 5.38 Å². The first-order valence-electron chi connectivity index (χ1n) is 4.96. The van der Waals surface area contributed by atoms with Crippen LogP contribution < -0.4 is 5.73 Å². The van der Waals surface area contributed by atoms with Crippen LogP contribution in [0.25, 0.3) is 0 Å². The van der Waals surface area contributed by atoms with Gasteiger partial charge in [-0.05, 0) is 13.8 Å². The summed E-state index contributed by atoms with van der Waals surface area (Å²) in [6.45, 7) is 3.93. The van der Waals surface area contributed by atoms with Crippen LogP contribution >= 0.6 is 11.3 Å². The summed E-state index contributed by atoms with van der Waals surface area (Å²) in [6, 6.07) is 0. The number of carbonyl (C=O) groups is 2. The molecule has 18 heavy (non-hydrogen) atoms. The average molecular weight is 271 g/mol. The lowest BCUT2D eigenvalue weighted by Crippen LogP contribution is -2.33. The summed E-state index contributed by atoms with van der Waals surface area (Å²) in [7, 11) is 0. The lowest BCUT2D eigenvalue weighted by molar-refractivity contribution is -0.161. The van der Waals surface area contributed by atoms with Gasteiger partial charge in [0.1, 0.15) is 5.69 Å². The third kappa shape index (κ3) is 3.27. The molecular formula is C10H13N3O4S. The molecule has 0 bridgehead atoms. The molecule has 0 aliphatic rings. The van der Waals surface area contributed by atoms with Crippen molar-refractivity contribution in [2.24, 2.45) is 5.16 Å². The van der Waals surface area contributed by atoms with Gasteiger partial charge in [-0.2, -0.15) is 0 Å². The first-order chi connectivity index (χ1) is 8.24. The van der Waals surface area contributed by atoms with Gasteiger partial charge in [-0.3, -0.25) is 4.79 Å². The van der Waals surface area contributed by atoms with Crippen molar-refractivity contribution in [3.8, 4) is 0 Å². The minimum absolute atomic E-state index is 0.0581. The zero-order chi connectivity index (χ0) is 13.9.